The summed E-state index contributed by atoms with van der Waals surface area (Å²) in [6.45, 7) is 6.77. The van der Waals surface area contributed by atoms with Gasteiger partial charge in [-0.25, -0.2) is 9.78 Å². The highest BCUT2D eigenvalue weighted by atomic mass is 32.1. The molecule has 1 fully saturated rings. The summed E-state index contributed by atoms with van der Waals surface area (Å²) in [5.74, 6) is 0.106. The van der Waals surface area contributed by atoms with Gasteiger partial charge in [-0.15, -0.1) is 11.3 Å². The summed E-state index contributed by atoms with van der Waals surface area (Å²) in [6.07, 6.45) is 6.71. The van der Waals surface area contributed by atoms with Gasteiger partial charge in [0.2, 0.25) is 0 Å². The Morgan fingerprint density at radius 3 is 2.65 bits per heavy atom. The first kappa shape index (κ1) is 16.2. The van der Waals surface area contributed by atoms with E-state index in [4.69, 9.17) is 4.74 Å². The quantitative estimate of drug-likeness (QED) is 0.789. The smallest absolute Gasteiger partial charge is 0.345 e. The highest BCUT2D eigenvalue weighted by Gasteiger charge is 2.31. The molecule has 0 bridgehead atoms. The molecule has 0 radical (unpaired) electrons. The molecule has 0 aliphatic heterocycles. The van der Waals surface area contributed by atoms with E-state index in [-0.39, 0.29) is 17.2 Å². The Hall–Kier alpha value is -1.69. The highest BCUT2D eigenvalue weighted by Crippen LogP contribution is 2.38. The van der Waals surface area contributed by atoms with E-state index in [0.29, 0.717) is 16.3 Å². The number of nitrogens with zero attached hydrogens (tertiary/aromatic N) is 2. The average molecular weight is 334 g/mol. The Bertz CT molecular complexity index is 764. The van der Waals surface area contributed by atoms with E-state index in [1.54, 1.807) is 11.6 Å². The minimum Gasteiger partial charge on any atom is -0.459 e. The molecule has 2 aromatic rings. The SMILES string of the molecule is CC(C)(C)C1CCC(OC(=O)c2cnc3sccn3c2=O)CC1. The minimum absolute atomic E-state index is 0.0128. The molecule has 6 heteroatoms. The number of hydrogen-bond donors (Lipinski definition) is 0. The first-order chi connectivity index (χ1) is 10.9. The summed E-state index contributed by atoms with van der Waals surface area (Å²) in [7, 11) is 0. The van der Waals surface area contributed by atoms with Crippen molar-refractivity contribution in [2.45, 2.75) is 52.6 Å². The van der Waals surface area contributed by atoms with Gasteiger partial charge in [-0.05, 0) is 37.0 Å². The number of hydrogen-bond acceptors (Lipinski definition) is 5. The van der Waals surface area contributed by atoms with Gasteiger partial charge < -0.3 is 4.74 Å². The molecule has 1 aliphatic carbocycles. The zero-order valence-electron chi connectivity index (χ0n) is 13.7. The van der Waals surface area contributed by atoms with Gasteiger partial charge in [0, 0.05) is 11.6 Å². The van der Waals surface area contributed by atoms with Crippen molar-refractivity contribution >= 4 is 22.3 Å². The first-order valence-corrected chi connectivity index (χ1v) is 8.90. The van der Waals surface area contributed by atoms with Crippen molar-refractivity contribution in [3.05, 3.63) is 33.7 Å². The Labute approximate surface area is 139 Å². The third kappa shape index (κ3) is 3.32. The molecule has 2 heterocycles. The molecule has 1 aliphatic rings. The number of fused-ring (bicyclic) bond motifs is 1. The number of rotatable bonds is 2. The summed E-state index contributed by atoms with van der Waals surface area (Å²) >= 11 is 1.36. The standard InChI is InChI=1S/C17H22N2O3S/c1-17(2,3)11-4-6-12(7-5-11)22-15(21)13-10-18-16-19(14(13)20)8-9-23-16/h8-12H,4-7H2,1-3H3. The van der Waals surface area contributed by atoms with E-state index in [1.165, 1.54) is 21.9 Å². The molecule has 0 atom stereocenters. The highest BCUT2D eigenvalue weighted by molar-refractivity contribution is 7.15. The van der Waals surface area contributed by atoms with E-state index in [0.717, 1.165) is 25.7 Å². The summed E-state index contributed by atoms with van der Waals surface area (Å²) in [6, 6.07) is 0. The van der Waals surface area contributed by atoms with Crippen LogP contribution in [-0.4, -0.2) is 21.5 Å². The van der Waals surface area contributed by atoms with Crippen LogP contribution in [0.3, 0.4) is 0 Å². The topological polar surface area (TPSA) is 60.7 Å². The van der Waals surface area contributed by atoms with Crippen molar-refractivity contribution in [2.24, 2.45) is 11.3 Å². The molecule has 0 saturated heterocycles. The van der Waals surface area contributed by atoms with Gasteiger partial charge in [0.05, 0.1) is 6.20 Å². The van der Waals surface area contributed by atoms with Crippen LogP contribution in [0.1, 0.15) is 56.8 Å². The maximum atomic E-state index is 12.3. The van der Waals surface area contributed by atoms with Crippen LogP contribution in [0.25, 0.3) is 4.96 Å². The normalized spacial score (nSPS) is 22.2. The summed E-state index contributed by atoms with van der Waals surface area (Å²) in [5, 5.41) is 1.77. The third-order valence-electron chi connectivity index (χ3n) is 4.74. The maximum Gasteiger partial charge on any atom is 0.345 e. The van der Waals surface area contributed by atoms with E-state index in [9.17, 15) is 9.59 Å². The molecular formula is C17H22N2O3S. The van der Waals surface area contributed by atoms with Gasteiger partial charge in [0.1, 0.15) is 11.7 Å². The predicted molar refractivity (Wildman–Crippen MR) is 90.0 cm³/mol. The number of carbonyl (C=O) groups excluding carboxylic acids is 1. The zero-order chi connectivity index (χ0) is 16.6. The first-order valence-electron chi connectivity index (χ1n) is 8.02. The van der Waals surface area contributed by atoms with Gasteiger partial charge in [-0.2, -0.15) is 0 Å². The van der Waals surface area contributed by atoms with Crippen LogP contribution in [0.15, 0.2) is 22.6 Å². The molecule has 23 heavy (non-hydrogen) atoms. The van der Waals surface area contributed by atoms with Gasteiger partial charge in [0.25, 0.3) is 5.56 Å². The number of aromatic nitrogens is 2. The largest absolute Gasteiger partial charge is 0.459 e. The lowest BCUT2D eigenvalue weighted by molar-refractivity contribution is 0.00906. The van der Waals surface area contributed by atoms with Gasteiger partial charge in [-0.3, -0.25) is 9.20 Å². The fourth-order valence-corrected chi connectivity index (χ4v) is 3.90. The minimum atomic E-state index is -0.553. The second-order valence-corrected chi connectivity index (χ2v) is 8.15. The molecule has 5 nitrogen and oxygen atoms in total. The van der Waals surface area contributed by atoms with E-state index >= 15 is 0 Å². The number of ether oxygens (including phenoxy) is 1. The number of thiazole rings is 1. The summed E-state index contributed by atoms with van der Waals surface area (Å²) < 4.78 is 6.94. The average Bonchev–Trinajstić information content (AvgIpc) is 2.96. The predicted octanol–water partition coefficient (Wildman–Crippen LogP) is 3.52. The number of esters is 1. The molecule has 3 rings (SSSR count). The molecule has 0 aromatic carbocycles. The molecule has 124 valence electrons. The van der Waals surface area contributed by atoms with Crippen molar-refractivity contribution in [3.63, 3.8) is 0 Å². The summed E-state index contributed by atoms with van der Waals surface area (Å²) in [5.41, 5.74) is -0.0506. The number of carbonyl (C=O) groups is 1. The van der Waals surface area contributed by atoms with E-state index in [1.807, 2.05) is 0 Å². The van der Waals surface area contributed by atoms with Crippen LogP contribution in [0.4, 0.5) is 0 Å². The molecule has 2 aromatic heterocycles. The second-order valence-electron chi connectivity index (χ2n) is 7.28. The van der Waals surface area contributed by atoms with Crippen LogP contribution in [0, 0.1) is 11.3 Å². The summed E-state index contributed by atoms with van der Waals surface area (Å²) in [4.78, 5) is 29.3. The van der Waals surface area contributed by atoms with Crippen LogP contribution >= 0.6 is 11.3 Å². The molecule has 0 N–H and O–H groups in total. The Balaban J connectivity index is 1.68. The van der Waals surface area contributed by atoms with Gasteiger partial charge in [-0.1, -0.05) is 20.8 Å². The van der Waals surface area contributed by atoms with Crippen molar-refractivity contribution < 1.29 is 9.53 Å². The van der Waals surface area contributed by atoms with Crippen molar-refractivity contribution in [2.75, 3.05) is 0 Å². The fourth-order valence-electron chi connectivity index (χ4n) is 3.23. The molecule has 0 spiro atoms. The molecular weight excluding hydrogens is 312 g/mol. The van der Waals surface area contributed by atoms with E-state index in [2.05, 4.69) is 25.8 Å². The van der Waals surface area contributed by atoms with Crippen LogP contribution in [-0.2, 0) is 4.74 Å². The van der Waals surface area contributed by atoms with Crippen LogP contribution in [0.5, 0.6) is 0 Å². The Morgan fingerprint density at radius 1 is 1.30 bits per heavy atom. The van der Waals surface area contributed by atoms with Crippen LogP contribution in [0.2, 0.25) is 0 Å². The van der Waals surface area contributed by atoms with Crippen molar-refractivity contribution in [1.82, 2.24) is 9.38 Å². The third-order valence-corrected chi connectivity index (χ3v) is 5.51. The lowest BCUT2D eigenvalue weighted by Gasteiger charge is -2.36. The molecule has 1 saturated carbocycles. The van der Waals surface area contributed by atoms with Gasteiger partial charge >= 0.3 is 5.97 Å². The molecule has 0 amide bonds. The zero-order valence-corrected chi connectivity index (χ0v) is 14.6. The van der Waals surface area contributed by atoms with E-state index < -0.39 is 5.97 Å². The maximum absolute atomic E-state index is 12.3. The lowest BCUT2D eigenvalue weighted by atomic mass is 9.72. The second kappa shape index (κ2) is 6.07. The van der Waals surface area contributed by atoms with Crippen LogP contribution < -0.4 is 5.56 Å². The lowest BCUT2D eigenvalue weighted by Crippen LogP contribution is -2.32. The fraction of sp³-hybridized carbons (Fsp3) is 0.588. The molecule has 0 unspecified atom stereocenters. The van der Waals surface area contributed by atoms with Gasteiger partial charge in [0.15, 0.2) is 4.96 Å². The monoisotopic (exact) mass is 334 g/mol. The Morgan fingerprint density at radius 2 is 2.00 bits per heavy atom. The Kier molecular flexibility index (Phi) is 4.27. The van der Waals surface area contributed by atoms with Crippen molar-refractivity contribution in [1.29, 1.82) is 0 Å². The van der Waals surface area contributed by atoms with Crippen molar-refractivity contribution in [3.8, 4) is 0 Å².